The molecule has 0 spiro atoms. The second-order valence-electron chi connectivity index (χ2n) is 7.01. The number of amides is 1. The number of hydrogen-bond donors (Lipinski definition) is 1. The van der Waals surface area contributed by atoms with Crippen LogP contribution in [-0.2, 0) is 4.79 Å². The monoisotopic (exact) mass is 478 g/mol. The molecule has 3 aromatic rings. The van der Waals surface area contributed by atoms with Gasteiger partial charge in [-0.3, -0.25) is 9.36 Å². The van der Waals surface area contributed by atoms with Crippen molar-refractivity contribution in [2.24, 2.45) is 0 Å². The van der Waals surface area contributed by atoms with Gasteiger partial charge >= 0.3 is 0 Å². The van der Waals surface area contributed by atoms with Crippen molar-refractivity contribution in [2.75, 3.05) is 11.1 Å². The fourth-order valence-electron chi connectivity index (χ4n) is 2.67. The number of rotatable bonds is 7. The first-order valence-electron chi connectivity index (χ1n) is 9.07. The van der Waals surface area contributed by atoms with Crippen molar-refractivity contribution in [1.29, 1.82) is 0 Å². The number of thioether (sulfide) groups is 1. The number of nitrogens with zero attached hydrogens (tertiary/aromatic N) is 3. The van der Waals surface area contributed by atoms with E-state index in [1.807, 2.05) is 24.3 Å². The molecule has 28 heavy (non-hydrogen) atoms. The van der Waals surface area contributed by atoms with E-state index in [9.17, 15) is 4.79 Å². The number of carbonyl (C=O) groups excluding carboxylic acids is 1. The number of hydrogen-bond acceptors (Lipinski definition) is 5. The van der Waals surface area contributed by atoms with Gasteiger partial charge in [0.1, 0.15) is 0 Å². The largest absolute Gasteiger partial charge is 0.325 e. The van der Waals surface area contributed by atoms with E-state index in [0.29, 0.717) is 5.92 Å². The van der Waals surface area contributed by atoms with E-state index in [1.165, 1.54) is 16.6 Å². The summed E-state index contributed by atoms with van der Waals surface area (Å²) in [5.74, 6) is 1.56. The third kappa shape index (κ3) is 5.04. The first-order valence-corrected chi connectivity index (χ1v) is 11.7. The number of thiophene rings is 1. The maximum Gasteiger partial charge on any atom is 0.234 e. The molecule has 0 unspecified atom stereocenters. The van der Waals surface area contributed by atoms with Gasteiger partial charge in [-0.2, -0.15) is 0 Å². The number of anilines is 1. The minimum atomic E-state index is -0.0650. The van der Waals surface area contributed by atoms with Crippen LogP contribution < -0.4 is 5.32 Å². The molecule has 8 heteroatoms. The van der Waals surface area contributed by atoms with Gasteiger partial charge in [0.2, 0.25) is 5.91 Å². The molecule has 2 aromatic heterocycles. The molecule has 1 aromatic carbocycles. The molecule has 148 valence electrons. The molecule has 3 rings (SSSR count). The second-order valence-corrected chi connectivity index (χ2v) is 9.81. The molecule has 0 aliphatic heterocycles. The zero-order chi connectivity index (χ0) is 20.3. The van der Waals surface area contributed by atoms with Crippen molar-refractivity contribution in [3.8, 4) is 11.4 Å². The van der Waals surface area contributed by atoms with Gasteiger partial charge < -0.3 is 5.32 Å². The van der Waals surface area contributed by atoms with Crippen LogP contribution in [0.3, 0.4) is 0 Å². The minimum Gasteiger partial charge on any atom is -0.325 e. The predicted molar refractivity (Wildman–Crippen MR) is 121 cm³/mol. The van der Waals surface area contributed by atoms with Crippen LogP contribution in [0.1, 0.15) is 44.5 Å². The Hall–Kier alpha value is -1.64. The summed E-state index contributed by atoms with van der Waals surface area (Å²) in [6.45, 7) is 8.59. The molecule has 0 fully saturated rings. The Balaban J connectivity index is 1.72. The molecule has 5 nitrogen and oxygen atoms in total. The molecule has 0 aliphatic rings. The van der Waals surface area contributed by atoms with Crippen LogP contribution in [0.2, 0.25) is 0 Å². The summed E-state index contributed by atoms with van der Waals surface area (Å²) in [5, 5.41) is 14.6. The topological polar surface area (TPSA) is 59.8 Å². The molecule has 1 amide bonds. The lowest BCUT2D eigenvalue weighted by atomic mass is 10.1. The van der Waals surface area contributed by atoms with Crippen molar-refractivity contribution >= 4 is 50.6 Å². The highest BCUT2D eigenvalue weighted by atomic mass is 79.9. The third-order valence-corrected chi connectivity index (χ3v) is 6.79. The average Bonchev–Trinajstić information content (AvgIpc) is 3.28. The number of nitrogens with one attached hydrogen (secondary N) is 1. The van der Waals surface area contributed by atoms with Crippen LogP contribution in [0.5, 0.6) is 0 Å². The Morgan fingerprint density at radius 3 is 2.54 bits per heavy atom. The maximum absolute atomic E-state index is 12.3. The number of aromatic nitrogens is 3. The Morgan fingerprint density at radius 1 is 1.21 bits per heavy atom. The van der Waals surface area contributed by atoms with Crippen molar-refractivity contribution < 1.29 is 4.79 Å². The van der Waals surface area contributed by atoms with Crippen molar-refractivity contribution in [3.63, 3.8) is 0 Å². The summed E-state index contributed by atoms with van der Waals surface area (Å²) in [7, 11) is 0. The van der Waals surface area contributed by atoms with E-state index in [-0.39, 0.29) is 17.7 Å². The maximum atomic E-state index is 12.3. The minimum absolute atomic E-state index is 0.0650. The molecular formula is C20H23BrN4OS2. The summed E-state index contributed by atoms with van der Waals surface area (Å²) in [6, 6.07) is 9.92. The molecule has 0 saturated heterocycles. The van der Waals surface area contributed by atoms with E-state index >= 15 is 0 Å². The predicted octanol–water partition coefficient (Wildman–Crippen LogP) is 6.20. The van der Waals surface area contributed by atoms with Gasteiger partial charge in [-0.15, -0.1) is 21.5 Å². The Bertz CT molecular complexity index is 948. The summed E-state index contributed by atoms with van der Waals surface area (Å²) < 4.78 is 3.08. The van der Waals surface area contributed by atoms with Crippen LogP contribution in [-0.4, -0.2) is 26.4 Å². The summed E-state index contributed by atoms with van der Waals surface area (Å²) in [4.78, 5) is 13.6. The highest BCUT2D eigenvalue weighted by Crippen LogP contribution is 2.32. The van der Waals surface area contributed by atoms with Crippen molar-refractivity contribution in [2.45, 2.75) is 44.8 Å². The highest BCUT2D eigenvalue weighted by Gasteiger charge is 2.19. The fourth-order valence-corrected chi connectivity index (χ4v) is 4.71. The molecule has 2 heterocycles. The first kappa shape index (κ1) is 21.1. The van der Waals surface area contributed by atoms with E-state index in [0.717, 1.165) is 26.7 Å². The van der Waals surface area contributed by atoms with Gasteiger partial charge in [-0.25, -0.2) is 0 Å². The lowest BCUT2D eigenvalue weighted by Gasteiger charge is -2.13. The van der Waals surface area contributed by atoms with Gasteiger partial charge in [0.25, 0.3) is 0 Å². The molecule has 0 aliphatic carbocycles. The Labute approximate surface area is 182 Å². The Morgan fingerprint density at radius 2 is 1.93 bits per heavy atom. The number of carbonyl (C=O) groups is 1. The molecule has 0 atom stereocenters. The molecule has 0 bridgehead atoms. The summed E-state index contributed by atoms with van der Waals surface area (Å²) in [6.07, 6.45) is 0. The van der Waals surface area contributed by atoms with Gasteiger partial charge in [-0.1, -0.05) is 41.5 Å². The lowest BCUT2D eigenvalue weighted by Crippen LogP contribution is -2.15. The molecule has 1 N–H and O–H groups in total. The molecule has 0 radical (unpaired) electrons. The lowest BCUT2D eigenvalue weighted by molar-refractivity contribution is -0.113. The normalized spacial score (nSPS) is 11.4. The zero-order valence-corrected chi connectivity index (χ0v) is 19.5. The van der Waals surface area contributed by atoms with E-state index in [1.54, 1.807) is 11.3 Å². The smallest absolute Gasteiger partial charge is 0.234 e. The van der Waals surface area contributed by atoms with E-state index < -0.39 is 0 Å². The average molecular weight is 479 g/mol. The van der Waals surface area contributed by atoms with Gasteiger partial charge in [0.15, 0.2) is 11.0 Å². The van der Waals surface area contributed by atoms with Crippen LogP contribution in [0, 0.1) is 0 Å². The van der Waals surface area contributed by atoms with Crippen LogP contribution >= 0.6 is 39.0 Å². The Kier molecular flexibility index (Phi) is 6.95. The third-order valence-electron chi connectivity index (χ3n) is 4.09. The number of halogens is 1. The van der Waals surface area contributed by atoms with Gasteiger partial charge in [0.05, 0.1) is 5.75 Å². The first-order chi connectivity index (χ1) is 13.3. The highest BCUT2D eigenvalue weighted by molar-refractivity contribution is 9.10. The van der Waals surface area contributed by atoms with Gasteiger partial charge in [0, 0.05) is 32.0 Å². The zero-order valence-electron chi connectivity index (χ0n) is 16.3. The van der Waals surface area contributed by atoms with Gasteiger partial charge in [-0.05, 0) is 50.1 Å². The fraction of sp³-hybridized carbons (Fsp3) is 0.350. The van der Waals surface area contributed by atoms with Crippen LogP contribution in [0.25, 0.3) is 11.4 Å². The molecule has 0 saturated carbocycles. The van der Waals surface area contributed by atoms with Crippen molar-refractivity contribution in [1.82, 2.24) is 14.8 Å². The van der Waals surface area contributed by atoms with Crippen LogP contribution in [0.4, 0.5) is 5.69 Å². The van der Waals surface area contributed by atoms with E-state index in [2.05, 4.69) is 75.2 Å². The summed E-state index contributed by atoms with van der Waals surface area (Å²) >= 11 is 6.54. The van der Waals surface area contributed by atoms with Crippen molar-refractivity contribution in [3.05, 3.63) is 45.1 Å². The van der Waals surface area contributed by atoms with E-state index in [4.69, 9.17) is 0 Å². The number of benzene rings is 1. The summed E-state index contributed by atoms with van der Waals surface area (Å²) in [5.41, 5.74) is 1.86. The quantitative estimate of drug-likeness (QED) is 0.410. The standard InChI is InChI=1S/C20H23BrN4OS2/c1-12(2)17-9-14(10-27-17)19-23-24-20(25(19)13(3)4)28-11-18(26)22-16-7-5-15(21)6-8-16/h5-10,12-13H,11H2,1-4H3,(H,22,26). The van der Waals surface area contributed by atoms with Crippen LogP contribution in [0.15, 0.2) is 45.3 Å². The second kappa shape index (κ2) is 9.24. The molecular weight excluding hydrogens is 456 g/mol. The SMILES string of the molecule is CC(C)c1cc(-c2nnc(SCC(=O)Nc3ccc(Br)cc3)n2C(C)C)cs1.